The molecule has 0 spiro atoms. The number of phenolic OH excluding ortho intramolecular Hbond substituents is 1. The summed E-state index contributed by atoms with van der Waals surface area (Å²) in [6.45, 7) is 0. The Morgan fingerprint density at radius 1 is 1.07 bits per heavy atom. The zero-order chi connectivity index (χ0) is 18.6. The SMILES string of the molecule is O=[N+]([O-])c1cc(C=NC2CCCC2)c(O)c(C23CC4CC(CC(C4)C2)C3)c1. The van der Waals surface area contributed by atoms with Crippen molar-refractivity contribution in [3.63, 3.8) is 0 Å². The molecule has 6 rings (SSSR count). The molecule has 27 heavy (non-hydrogen) atoms. The van der Waals surface area contributed by atoms with Gasteiger partial charge < -0.3 is 5.11 Å². The van der Waals surface area contributed by atoms with E-state index in [9.17, 15) is 15.2 Å². The highest BCUT2D eigenvalue weighted by atomic mass is 16.6. The predicted octanol–water partition coefficient (Wildman–Crippen LogP) is 5.13. The largest absolute Gasteiger partial charge is 0.507 e. The molecule has 5 aliphatic carbocycles. The monoisotopic (exact) mass is 368 g/mol. The molecular formula is C22H28N2O3. The van der Waals surface area contributed by atoms with Gasteiger partial charge in [-0.25, -0.2) is 0 Å². The molecule has 4 bridgehead atoms. The molecule has 0 atom stereocenters. The summed E-state index contributed by atoms with van der Waals surface area (Å²) in [5, 5.41) is 22.7. The van der Waals surface area contributed by atoms with Gasteiger partial charge in [0, 0.05) is 40.9 Å². The van der Waals surface area contributed by atoms with Gasteiger partial charge in [0.05, 0.1) is 4.92 Å². The fourth-order valence-electron chi connectivity index (χ4n) is 6.93. The van der Waals surface area contributed by atoms with Crippen molar-refractivity contribution < 1.29 is 10.0 Å². The lowest BCUT2D eigenvalue weighted by Crippen LogP contribution is -2.48. The van der Waals surface area contributed by atoms with Crippen LogP contribution in [0.4, 0.5) is 5.69 Å². The van der Waals surface area contributed by atoms with Crippen LogP contribution in [0.2, 0.25) is 0 Å². The molecule has 0 amide bonds. The molecule has 144 valence electrons. The number of aliphatic imine (C=N–C) groups is 1. The number of benzene rings is 1. The van der Waals surface area contributed by atoms with E-state index in [1.54, 1.807) is 12.3 Å². The van der Waals surface area contributed by atoms with Crippen LogP contribution in [-0.2, 0) is 5.41 Å². The van der Waals surface area contributed by atoms with Crippen molar-refractivity contribution in [2.45, 2.75) is 75.7 Å². The topological polar surface area (TPSA) is 75.7 Å². The summed E-state index contributed by atoms with van der Waals surface area (Å²) in [5.41, 5.74) is 1.37. The molecule has 0 aliphatic heterocycles. The quantitative estimate of drug-likeness (QED) is 0.455. The number of hydrogen-bond acceptors (Lipinski definition) is 4. The standard InChI is InChI=1S/C22H28N2O3/c25-21-17(13-23-18-3-1-2-4-18)8-19(24(26)27)9-20(21)22-10-14-5-15(11-22)7-16(6-14)12-22/h8-9,13-16,18,25H,1-7,10-12H2. The number of nitrogens with zero attached hydrogens (tertiary/aromatic N) is 2. The van der Waals surface area contributed by atoms with E-state index in [4.69, 9.17) is 0 Å². The van der Waals surface area contributed by atoms with Gasteiger partial charge in [-0.1, -0.05) is 12.8 Å². The van der Waals surface area contributed by atoms with Gasteiger partial charge in [-0.05, 0) is 69.1 Å². The molecule has 1 N–H and O–H groups in total. The molecule has 0 aromatic heterocycles. The molecule has 5 nitrogen and oxygen atoms in total. The average Bonchev–Trinajstić information content (AvgIpc) is 3.13. The summed E-state index contributed by atoms with van der Waals surface area (Å²) >= 11 is 0. The van der Waals surface area contributed by atoms with Gasteiger partial charge in [-0.15, -0.1) is 0 Å². The second kappa shape index (κ2) is 6.32. The first-order valence-corrected chi connectivity index (χ1v) is 10.6. The summed E-state index contributed by atoms with van der Waals surface area (Å²) in [7, 11) is 0. The number of aromatic hydroxyl groups is 1. The smallest absolute Gasteiger partial charge is 0.270 e. The van der Waals surface area contributed by atoms with Crippen molar-refractivity contribution >= 4 is 11.9 Å². The van der Waals surface area contributed by atoms with E-state index in [1.165, 1.54) is 38.2 Å². The maximum absolute atomic E-state index is 11.6. The molecule has 5 fully saturated rings. The van der Waals surface area contributed by atoms with Crippen LogP contribution in [0.3, 0.4) is 0 Å². The minimum Gasteiger partial charge on any atom is -0.507 e. The Kier molecular flexibility index (Phi) is 4.03. The first-order valence-electron chi connectivity index (χ1n) is 10.6. The summed E-state index contributed by atoms with van der Waals surface area (Å²) < 4.78 is 0. The van der Waals surface area contributed by atoms with Crippen LogP contribution >= 0.6 is 0 Å². The molecule has 1 aromatic rings. The van der Waals surface area contributed by atoms with Crippen LogP contribution in [0, 0.1) is 27.9 Å². The van der Waals surface area contributed by atoms with Gasteiger partial charge >= 0.3 is 0 Å². The Balaban J connectivity index is 1.56. The number of phenols is 1. The van der Waals surface area contributed by atoms with Crippen molar-refractivity contribution in [1.82, 2.24) is 0 Å². The zero-order valence-corrected chi connectivity index (χ0v) is 15.8. The van der Waals surface area contributed by atoms with Crippen LogP contribution in [0.5, 0.6) is 5.75 Å². The highest BCUT2D eigenvalue weighted by molar-refractivity contribution is 5.86. The van der Waals surface area contributed by atoms with Gasteiger partial charge in [0.25, 0.3) is 5.69 Å². The first-order chi connectivity index (χ1) is 13.0. The van der Waals surface area contributed by atoms with E-state index in [0.29, 0.717) is 11.6 Å². The van der Waals surface area contributed by atoms with Gasteiger partial charge in [0.15, 0.2) is 0 Å². The van der Waals surface area contributed by atoms with Crippen LogP contribution in [0.25, 0.3) is 0 Å². The third kappa shape index (κ3) is 2.95. The van der Waals surface area contributed by atoms with E-state index >= 15 is 0 Å². The number of hydrogen-bond donors (Lipinski definition) is 1. The van der Waals surface area contributed by atoms with Gasteiger partial charge in [-0.3, -0.25) is 15.1 Å². The Morgan fingerprint density at radius 2 is 1.67 bits per heavy atom. The van der Waals surface area contributed by atoms with Crippen LogP contribution in [-0.4, -0.2) is 22.3 Å². The molecule has 1 aromatic carbocycles. The number of nitro benzene ring substituents is 1. The number of rotatable bonds is 4. The average molecular weight is 368 g/mol. The Hall–Kier alpha value is -1.91. The minimum absolute atomic E-state index is 0.0686. The fraction of sp³-hybridized carbons (Fsp3) is 0.682. The normalized spacial score (nSPS) is 35.3. The van der Waals surface area contributed by atoms with Crippen molar-refractivity contribution in [3.8, 4) is 5.75 Å². The number of non-ortho nitro benzene ring substituents is 1. The Bertz CT molecular complexity index is 760. The molecule has 5 aliphatic rings. The molecule has 0 heterocycles. The maximum atomic E-state index is 11.6. The second-order valence-electron chi connectivity index (χ2n) is 9.60. The summed E-state index contributed by atoms with van der Waals surface area (Å²) in [4.78, 5) is 15.9. The molecule has 5 heteroatoms. The lowest BCUT2D eigenvalue weighted by Gasteiger charge is -2.57. The molecule has 5 saturated carbocycles. The predicted molar refractivity (Wildman–Crippen MR) is 104 cm³/mol. The van der Waals surface area contributed by atoms with E-state index in [0.717, 1.165) is 55.4 Å². The molecular weight excluding hydrogens is 340 g/mol. The third-order valence-electron chi connectivity index (χ3n) is 7.69. The van der Waals surface area contributed by atoms with Crippen LogP contribution in [0.1, 0.15) is 75.3 Å². The Morgan fingerprint density at radius 3 is 2.22 bits per heavy atom. The summed E-state index contributed by atoms with van der Waals surface area (Å²) in [6.07, 6.45) is 13.4. The fourth-order valence-corrected chi connectivity index (χ4v) is 6.93. The molecule has 0 radical (unpaired) electrons. The van der Waals surface area contributed by atoms with Crippen molar-refractivity contribution in [2.75, 3.05) is 0 Å². The Labute approximate surface area is 160 Å². The zero-order valence-electron chi connectivity index (χ0n) is 15.8. The van der Waals surface area contributed by atoms with E-state index in [-0.39, 0.29) is 21.8 Å². The molecule has 0 saturated heterocycles. The van der Waals surface area contributed by atoms with E-state index in [2.05, 4.69) is 4.99 Å². The molecule has 0 unspecified atom stereocenters. The van der Waals surface area contributed by atoms with Crippen molar-refractivity contribution in [2.24, 2.45) is 22.7 Å². The van der Waals surface area contributed by atoms with Crippen LogP contribution in [0.15, 0.2) is 17.1 Å². The van der Waals surface area contributed by atoms with Gasteiger partial charge in [-0.2, -0.15) is 0 Å². The van der Waals surface area contributed by atoms with Crippen molar-refractivity contribution in [3.05, 3.63) is 33.4 Å². The van der Waals surface area contributed by atoms with Gasteiger partial charge in [0.1, 0.15) is 5.75 Å². The number of nitro groups is 1. The third-order valence-corrected chi connectivity index (χ3v) is 7.69. The summed E-state index contributed by atoms with van der Waals surface area (Å²) in [5.74, 6) is 2.42. The highest BCUT2D eigenvalue weighted by Gasteiger charge is 2.52. The summed E-state index contributed by atoms with van der Waals surface area (Å²) in [6, 6.07) is 3.46. The lowest BCUT2D eigenvalue weighted by atomic mass is 9.48. The van der Waals surface area contributed by atoms with Crippen LogP contribution < -0.4 is 0 Å². The van der Waals surface area contributed by atoms with Gasteiger partial charge in [0.2, 0.25) is 0 Å². The lowest BCUT2D eigenvalue weighted by molar-refractivity contribution is -0.385. The minimum atomic E-state index is -0.323. The first kappa shape index (κ1) is 17.2. The van der Waals surface area contributed by atoms with Crippen molar-refractivity contribution in [1.29, 1.82) is 0 Å². The maximum Gasteiger partial charge on any atom is 0.270 e. The van der Waals surface area contributed by atoms with E-state index in [1.807, 2.05) is 0 Å². The second-order valence-corrected chi connectivity index (χ2v) is 9.60. The highest BCUT2D eigenvalue weighted by Crippen LogP contribution is 2.62. The van der Waals surface area contributed by atoms with E-state index < -0.39 is 0 Å².